The Morgan fingerprint density at radius 2 is 1.81 bits per heavy atom. The smallest absolute Gasteiger partial charge is 0.253 e. The van der Waals surface area contributed by atoms with Gasteiger partial charge in [-0.05, 0) is 104 Å². The van der Waals surface area contributed by atoms with Crippen LogP contribution in [0, 0.1) is 10.7 Å². The molecule has 2 aromatic rings. The topological polar surface area (TPSA) is 145 Å². The third-order valence-electron chi connectivity index (χ3n) is 5.40. The van der Waals surface area contributed by atoms with E-state index in [9.17, 15) is 25.2 Å². The summed E-state index contributed by atoms with van der Waals surface area (Å²) < 4.78 is 8.49. The molecule has 174 valence electrons. The zero-order valence-electron chi connectivity index (χ0n) is 16.9. The number of carbonyl (C=O) groups is 1. The SMILES string of the molecule is CCc1c(I)cc(I)c(-c2ccc(C(=O)NC3C(O)OC(CO)[C@H](O)[C@H]3O)c(N)c2)c1I. The van der Waals surface area contributed by atoms with E-state index in [1.54, 1.807) is 18.2 Å². The predicted molar refractivity (Wildman–Crippen MR) is 145 cm³/mol. The van der Waals surface area contributed by atoms with E-state index in [2.05, 4.69) is 86.1 Å². The van der Waals surface area contributed by atoms with Crippen molar-refractivity contribution in [2.75, 3.05) is 12.3 Å². The van der Waals surface area contributed by atoms with Gasteiger partial charge in [-0.2, -0.15) is 0 Å². The van der Waals surface area contributed by atoms with Crippen LogP contribution in [0.5, 0.6) is 0 Å². The Kier molecular flexibility index (Phi) is 9.01. The van der Waals surface area contributed by atoms with Crippen molar-refractivity contribution in [3.63, 3.8) is 0 Å². The van der Waals surface area contributed by atoms with Crippen LogP contribution in [0.1, 0.15) is 22.8 Å². The predicted octanol–water partition coefficient (Wildman–Crippen LogP) is 1.84. The van der Waals surface area contributed by atoms with Gasteiger partial charge >= 0.3 is 0 Å². The van der Waals surface area contributed by atoms with Crippen LogP contribution < -0.4 is 11.1 Å². The molecule has 0 bridgehead atoms. The number of amides is 1. The van der Waals surface area contributed by atoms with Crippen LogP contribution in [0.15, 0.2) is 24.3 Å². The number of hydrogen-bond donors (Lipinski definition) is 6. The number of nitrogen functional groups attached to an aromatic ring is 1. The van der Waals surface area contributed by atoms with Crippen molar-refractivity contribution >= 4 is 79.4 Å². The minimum absolute atomic E-state index is 0.165. The highest BCUT2D eigenvalue weighted by atomic mass is 127. The molecule has 3 rings (SSSR count). The van der Waals surface area contributed by atoms with Gasteiger partial charge in [0.25, 0.3) is 5.91 Å². The maximum atomic E-state index is 12.8. The minimum Gasteiger partial charge on any atom is -0.398 e. The Balaban J connectivity index is 1.87. The lowest BCUT2D eigenvalue weighted by molar-refractivity contribution is -0.252. The third-order valence-corrected chi connectivity index (χ3v) is 8.41. The van der Waals surface area contributed by atoms with Crippen LogP contribution in [-0.4, -0.2) is 63.6 Å². The van der Waals surface area contributed by atoms with Gasteiger partial charge in [0.2, 0.25) is 0 Å². The zero-order chi connectivity index (χ0) is 23.7. The van der Waals surface area contributed by atoms with Crippen LogP contribution >= 0.6 is 67.8 Å². The summed E-state index contributed by atoms with van der Waals surface area (Å²) in [4.78, 5) is 12.8. The van der Waals surface area contributed by atoms with Gasteiger partial charge in [-0.15, -0.1) is 0 Å². The highest BCUT2D eigenvalue weighted by molar-refractivity contribution is 14.1. The van der Waals surface area contributed by atoms with E-state index in [1.807, 2.05) is 0 Å². The van der Waals surface area contributed by atoms with Gasteiger partial charge in [-0.25, -0.2) is 0 Å². The monoisotopic (exact) mass is 780 g/mol. The van der Waals surface area contributed by atoms with Crippen LogP contribution in [0.25, 0.3) is 11.1 Å². The van der Waals surface area contributed by atoms with Gasteiger partial charge in [-0.1, -0.05) is 13.0 Å². The van der Waals surface area contributed by atoms with Crippen LogP contribution in [-0.2, 0) is 11.2 Å². The fraction of sp³-hybridized carbons (Fsp3) is 0.381. The maximum absolute atomic E-state index is 12.8. The molecule has 3 unspecified atom stereocenters. The molecule has 8 nitrogen and oxygen atoms in total. The lowest BCUT2D eigenvalue weighted by Crippen LogP contribution is -2.64. The molecule has 0 radical (unpaired) electrons. The van der Waals surface area contributed by atoms with E-state index in [4.69, 9.17) is 10.5 Å². The van der Waals surface area contributed by atoms with Crippen molar-refractivity contribution in [1.82, 2.24) is 5.32 Å². The lowest BCUT2D eigenvalue weighted by atomic mass is 9.96. The summed E-state index contributed by atoms with van der Waals surface area (Å²) in [5.41, 5.74) is 9.77. The first-order valence-corrected chi connectivity index (χ1v) is 13.0. The van der Waals surface area contributed by atoms with E-state index in [1.165, 1.54) is 9.13 Å². The van der Waals surface area contributed by atoms with Crippen LogP contribution in [0.2, 0.25) is 0 Å². The number of halogens is 3. The van der Waals surface area contributed by atoms with Gasteiger partial charge in [0, 0.05) is 22.0 Å². The quantitative estimate of drug-likeness (QED) is 0.201. The van der Waals surface area contributed by atoms with Crippen molar-refractivity contribution in [3.8, 4) is 11.1 Å². The van der Waals surface area contributed by atoms with E-state index in [0.717, 1.165) is 24.7 Å². The average molecular weight is 780 g/mol. The summed E-state index contributed by atoms with van der Waals surface area (Å²) in [5.74, 6) is -0.628. The highest BCUT2D eigenvalue weighted by Crippen LogP contribution is 2.36. The standard InChI is InChI=1S/C21H23I3N2O6/c1-2-9-11(22)6-12(23)15(16(9)24)8-3-4-10(13(25)5-8)20(30)26-17-19(29)18(28)14(7-27)32-21(17)31/h3-6,14,17-19,21,27-29,31H,2,7,25H2,1H3,(H,26,30)/t14?,17?,18-,19-,21?/m0/s1. The molecule has 1 saturated heterocycles. The molecule has 0 saturated carbocycles. The number of nitrogens with one attached hydrogen (secondary N) is 1. The first kappa shape index (κ1) is 26.3. The summed E-state index contributed by atoms with van der Waals surface area (Å²) in [6.45, 7) is 1.52. The molecule has 7 N–H and O–H groups in total. The zero-order valence-corrected chi connectivity index (χ0v) is 23.4. The van der Waals surface area contributed by atoms with Gasteiger partial charge in [-0.3, -0.25) is 4.79 Å². The van der Waals surface area contributed by atoms with Crippen molar-refractivity contribution in [2.24, 2.45) is 0 Å². The number of ether oxygens (including phenoxy) is 1. The first-order chi connectivity index (χ1) is 15.1. The Labute approximate surface area is 226 Å². The number of carbonyl (C=O) groups excluding carboxylic acids is 1. The molecule has 0 aliphatic carbocycles. The number of aliphatic hydroxyl groups is 4. The van der Waals surface area contributed by atoms with E-state index in [-0.39, 0.29) is 11.3 Å². The summed E-state index contributed by atoms with van der Waals surface area (Å²) in [6, 6.07) is 5.94. The lowest BCUT2D eigenvalue weighted by Gasteiger charge is -2.40. The van der Waals surface area contributed by atoms with E-state index < -0.39 is 43.2 Å². The maximum Gasteiger partial charge on any atom is 0.253 e. The van der Waals surface area contributed by atoms with Crippen molar-refractivity contribution < 1.29 is 30.0 Å². The van der Waals surface area contributed by atoms with Gasteiger partial charge in [0.15, 0.2) is 6.29 Å². The molecule has 1 aliphatic rings. The third kappa shape index (κ3) is 5.18. The number of benzene rings is 2. The number of nitrogens with two attached hydrogens (primary N) is 1. The van der Waals surface area contributed by atoms with Crippen molar-refractivity contribution in [1.29, 1.82) is 0 Å². The average Bonchev–Trinajstić information content (AvgIpc) is 2.73. The molecule has 1 heterocycles. The molecule has 32 heavy (non-hydrogen) atoms. The number of hydrogen-bond acceptors (Lipinski definition) is 7. The van der Waals surface area contributed by atoms with Crippen LogP contribution in [0.4, 0.5) is 5.69 Å². The Morgan fingerprint density at radius 1 is 1.12 bits per heavy atom. The van der Waals surface area contributed by atoms with Gasteiger partial charge in [0.1, 0.15) is 24.4 Å². The molecule has 0 spiro atoms. The van der Waals surface area contributed by atoms with E-state index >= 15 is 0 Å². The molecular weight excluding hydrogens is 757 g/mol. The van der Waals surface area contributed by atoms with Crippen LogP contribution in [0.3, 0.4) is 0 Å². The molecule has 5 atom stereocenters. The second kappa shape index (κ2) is 11.0. The fourth-order valence-corrected chi connectivity index (χ4v) is 8.38. The summed E-state index contributed by atoms with van der Waals surface area (Å²) in [5, 5.41) is 42.0. The fourth-order valence-electron chi connectivity index (χ4n) is 3.63. The summed E-state index contributed by atoms with van der Waals surface area (Å²) in [6.07, 6.45) is -4.84. The normalized spacial score (nSPS) is 25.6. The minimum atomic E-state index is -1.60. The number of rotatable bonds is 5. The Morgan fingerprint density at radius 3 is 2.41 bits per heavy atom. The van der Waals surface area contributed by atoms with E-state index in [0.29, 0.717) is 0 Å². The Hall–Kier alpha value is -0.300. The number of anilines is 1. The highest BCUT2D eigenvalue weighted by Gasteiger charge is 2.44. The second-order valence-corrected chi connectivity index (χ2v) is 10.8. The van der Waals surface area contributed by atoms with Crippen molar-refractivity contribution in [3.05, 3.63) is 46.1 Å². The summed E-state index contributed by atoms with van der Waals surface area (Å²) >= 11 is 6.96. The van der Waals surface area contributed by atoms with Gasteiger partial charge < -0.3 is 36.2 Å². The molecule has 2 aromatic carbocycles. The molecular formula is C21H23I3N2O6. The summed E-state index contributed by atoms with van der Waals surface area (Å²) in [7, 11) is 0. The second-order valence-electron chi connectivity index (χ2n) is 7.39. The molecule has 11 heteroatoms. The largest absolute Gasteiger partial charge is 0.398 e. The molecule has 1 amide bonds. The molecule has 1 aliphatic heterocycles. The molecule has 0 aromatic heterocycles. The van der Waals surface area contributed by atoms with Crippen molar-refractivity contribution in [2.45, 2.75) is 44.0 Å². The number of aliphatic hydroxyl groups excluding tert-OH is 4. The molecule has 1 fully saturated rings. The Bertz CT molecular complexity index is 1020. The van der Waals surface area contributed by atoms with Gasteiger partial charge in [0.05, 0.1) is 12.2 Å². The first-order valence-electron chi connectivity index (χ1n) is 9.78.